The van der Waals surface area contributed by atoms with Crippen LogP contribution in [0.4, 0.5) is 0 Å². The molecule has 0 spiro atoms. The highest BCUT2D eigenvalue weighted by molar-refractivity contribution is 6.43. The van der Waals surface area contributed by atoms with Crippen LogP contribution in [0.2, 0.25) is 15.1 Å². The Balaban J connectivity index is 0.00000220. The number of nitrogens with zero attached hydrogens (tertiary/aromatic N) is 1. The minimum atomic E-state index is 0. The predicted molar refractivity (Wildman–Crippen MR) is 103 cm³/mol. The van der Waals surface area contributed by atoms with Crippen molar-refractivity contribution in [2.24, 2.45) is 0 Å². The van der Waals surface area contributed by atoms with E-state index >= 15 is 0 Å². The molecule has 2 rings (SSSR count). The number of hydrogen-bond acceptors (Lipinski definition) is 2. The van der Waals surface area contributed by atoms with E-state index < -0.39 is 0 Å². The molecule has 0 aliphatic carbocycles. The van der Waals surface area contributed by atoms with E-state index in [0.717, 1.165) is 44.6 Å². The van der Waals surface area contributed by atoms with Crippen molar-refractivity contribution in [3.8, 4) is 0 Å². The molecule has 22 heavy (non-hydrogen) atoms. The zero-order valence-electron chi connectivity index (χ0n) is 12.2. The molecule has 0 saturated carbocycles. The largest absolute Gasteiger partial charge is 0.314 e. The average molecular weight is 407 g/mol. The molecule has 1 aliphatic rings. The zero-order valence-corrected chi connectivity index (χ0v) is 16.1. The summed E-state index contributed by atoms with van der Waals surface area (Å²) in [5.74, 6) is 0. The van der Waals surface area contributed by atoms with E-state index in [1.807, 2.05) is 12.1 Å². The molecule has 1 saturated heterocycles. The van der Waals surface area contributed by atoms with E-state index in [0.29, 0.717) is 15.1 Å². The predicted octanol–water partition coefficient (Wildman–Crippen LogP) is 5.40. The molecule has 2 nitrogen and oxygen atoms in total. The van der Waals surface area contributed by atoms with Gasteiger partial charge in [-0.3, -0.25) is 4.90 Å². The van der Waals surface area contributed by atoms with Crippen LogP contribution in [0.3, 0.4) is 0 Å². The monoisotopic (exact) mass is 404 g/mol. The summed E-state index contributed by atoms with van der Waals surface area (Å²) < 4.78 is 0. The Bertz CT molecular complexity index is 475. The van der Waals surface area contributed by atoms with Gasteiger partial charge in [0.15, 0.2) is 0 Å². The van der Waals surface area contributed by atoms with Gasteiger partial charge < -0.3 is 5.32 Å². The van der Waals surface area contributed by atoms with Crippen LogP contribution in [-0.2, 0) is 0 Å². The third-order valence-corrected chi connectivity index (χ3v) is 4.65. The van der Waals surface area contributed by atoms with E-state index in [-0.39, 0.29) is 30.9 Å². The lowest BCUT2D eigenvalue weighted by molar-refractivity contribution is 0.166. The van der Waals surface area contributed by atoms with E-state index in [9.17, 15) is 0 Å². The van der Waals surface area contributed by atoms with Gasteiger partial charge >= 0.3 is 0 Å². The lowest BCUT2D eigenvalue weighted by Gasteiger charge is -2.35. The zero-order chi connectivity index (χ0) is 14.5. The summed E-state index contributed by atoms with van der Waals surface area (Å²) >= 11 is 18.7. The number of benzene rings is 1. The topological polar surface area (TPSA) is 15.3 Å². The lowest BCUT2D eigenvalue weighted by Crippen LogP contribution is -2.45. The Labute approximate surface area is 160 Å². The summed E-state index contributed by atoms with van der Waals surface area (Å²) in [6.45, 7) is 7.81. The fraction of sp³-hybridized carbons (Fsp3) is 0.467. The van der Waals surface area contributed by atoms with Crippen LogP contribution in [0.15, 0.2) is 24.8 Å². The second-order valence-electron chi connectivity index (χ2n) is 4.96. The molecule has 1 heterocycles. The van der Waals surface area contributed by atoms with Gasteiger partial charge in [-0.25, -0.2) is 0 Å². The van der Waals surface area contributed by atoms with Crippen LogP contribution in [0.1, 0.15) is 24.4 Å². The Kier molecular flexibility index (Phi) is 11.1. The minimum Gasteiger partial charge on any atom is -0.314 e. The molecular formula is C15H21Cl5N2. The summed E-state index contributed by atoms with van der Waals surface area (Å²) in [4.78, 5) is 2.44. The van der Waals surface area contributed by atoms with Crippen molar-refractivity contribution >= 4 is 59.6 Å². The van der Waals surface area contributed by atoms with Gasteiger partial charge in [-0.05, 0) is 30.5 Å². The molecular weight excluding hydrogens is 385 g/mol. The molecule has 1 aromatic carbocycles. The second kappa shape index (κ2) is 11.0. The van der Waals surface area contributed by atoms with Crippen molar-refractivity contribution in [3.63, 3.8) is 0 Å². The number of allylic oxidation sites excluding steroid dienone is 1. The maximum atomic E-state index is 6.40. The van der Waals surface area contributed by atoms with Gasteiger partial charge in [-0.15, -0.1) is 31.4 Å². The number of piperazine rings is 1. The van der Waals surface area contributed by atoms with Crippen LogP contribution >= 0.6 is 59.6 Å². The molecule has 1 fully saturated rings. The Morgan fingerprint density at radius 1 is 1.18 bits per heavy atom. The summed E-state index contributed by atoms with van der Waals surface area (Å²) in [6.07, 6.45) is 3.85. The van der Waals surface area contributed by atoms with Gasteiger partial charge in [0.05, 0.1) is 10.0 Å². The SMILES string of the molecule is C=CCC[C@H](c1cc(Cl)cc(Cl)c1Cl)N1CCNCC1.Cl.Cl. The van der Waals surface area contributed by atoms with Crippen molar-refractivity contribution in [2.45, 2.75) is 18.9 Å². The first kappa shape index (κ1) is 22.3. The van der Waals surface area contributed by atoms with Crippen molar-refractivity contribution in [3.05, 3.63) is 45.4 Å². The standard InChI is InChI=1S/C15H19Cl3N2.2ClH/c1-2-3-4-14(20-7-5-19-6-8-20)12-9-11(16)10-13(17)15(12)18;;/h2,9-10,14,19H,1,3-8H2;2*1H/t14-;;/m1../s1. The molecule has 7 heteroatoms. The minimum absolute atomic E-state index is 0. The molecule has 126 valence electrons. The lowest BCUT2D eigenvalue weighted by atomic mass is 9.99. The molecule has 1 aromatic rings. The first-order chi connectivity index (χ1) is 9.63. The smallest absolute Gasteiger partial charge is 0.0641 e. The molecule has 0 unspecified atom stereocenters. The van der Waals surface area contributed by atoms with Gasteiger partial charge in [-0.1, -0.05) is 40.9 Å². The molecule has 0 amide bonds. The highest BCUT2D eigenvalue weighted by Gasteiger charge is 2.24. The van der Waals surface area contributed by atoms with Gasteiger partial charge in [0.2, 0.25) is 0 Å². The Hall–Kier alpha value is 0.330. The van der Waals surface area contributed by atoms with Crippen molar-refractivity contribution < 1.29 is 0 Å². The average Bonchev–Trinajstić information content (AvgIpc) is 2.45. The number of nitrogens with one attached hydrogen (secondary N) is 1. The summed E-state index contributed by atoms with van der Waals surface area (Å²) in [5, 5.41) is 5.14. The highest BCUT2D eigenvalue weighted by atomic mass is 35.5. The quantitative estimate of drug-likeness (QED) is 0.520. The Morgan fingerprint density at radius 3 is 2.41 bits per heavy atom. The van der Waals surface area contributed by atoms with Gasteiger partial charge in [-0.2, -0.15) is 0 Å². The first-order valence-electron chi connectivity index (χ1n) is 6.83. The van der Waals surface area contributed by atoms with E-state index in [2.05, 4.69) is 16.8 Å². The summed E-state index contributed by atoms with van der Waals surface area (Å²) in [7, 11) is 0. The third kappa shape index (κ3) is 5.76. The van der Waals surface area contributed by atoms with E-state index in [1.165, 1.54) is 0 Å². The van der Waals surface area contributed by atoms with Crippen molar-refractivity contribution in [1.82, 2.24) is 10.2 Å². The van der Waals surface area contributed by atoms with Crippen molar-refractivity contribution in [2.75, 3.05) is 26.2 Å². The van der Waals surface area contributed by atoms with Crippen LogP contribution in [0.25, 0.3) is 0 Å². The third-order valence-electron chi connectivity index (χ3n) is 3.62. The fourth-order valence-electron chi connectivity index (χ4n) is 2.62. The fourth-order valence-corrected chi connectivity index (χ4v) is 3.37. The number of rotatable bonds is 5. The van der Waals surface area contributed by atoms with Crippen LogP contribution in [-0.4, -0.2) is 31.1 Å². The maximum absolute atomic E-state index is 6.40. The van der Waals surface area contributed by atoms with Crippen molar-refractivity contribution in [1.29, 1.82) is 0 Å². The maximum Gasteiger partial charge on any atom is 0.0641 e. The molecule has 0 radical (unpaired) electrons. The summed E-state index contributed by atoms with van der Waals surface area (Å²) in [5.41, 5.74) is 1.02. The number of hydrogen-bond donors (Lipinski definition) is 1. The number of halogens is 5. The van der Waals surface area contributed by atoms with Gasteiger partial charge in [0.25, 0.3) is 0 Å². The van der Waals surface area contributed by atoms with E-state index in [1.54, 1.807) is 6.07 Å². The van der Waals surface area contributed by atoms with Gasteiger partial charge in [0.1, 0.15) is 0 Å². The molecule has 1 N–H and O–H groups in total. The molecule has 0 aromatic heterocycles. The van der Waals surface area contributed by atoms with Gasteiger partial charge in [0, 0.05) is 37.2 Å². The van der Waals surface area contributed by atoms with Crippen LogP contribution < -0.4 is 5.32 Å². The molecule has 1 aliphatic heterocycles. The van der Waals surface area contributed by atoms with Crippen LogP contribution in [0.5, 0.6) is 0 Å². The van der Waals surface area contributed by atoms with E-state index in [4.69, 9.17) is 34.8 Å². The summed E-state index contributed by atoms with van der Waals surface area (Å²) in [6, 6.07) is 3.86. The first-order valence-corrected chi connectivity index (χ1v) is 7.97. The second-order valence-corrected chi connectivity index (χ2v) is 6.18. The normalized spacial score (nSPS) is 16.3. The Morgan fingerprint density at radius 2 is 1.82 bits per heavy atom. The van der Waals surface area contributed by atoms with Crippen LogP contribution in [0, 0.1) is 0 Å². The molecule has 0 bridgehead atoms. The highest BCUT2D eigenvalue weighted by Crippen LogP contribution is 2.37. The molecule has 1 atom stereocenters.